The van der Waals surface area contributed by atoms with Crippen LogP contribution < -0.4 is 5.32 Å². The first-order valence-electron chi connectivity index (χ1n) is 29.9. The zero-order valence-corrected chi connectivity index (χ0v) is 44.7. The number of carbonyl (C=O) groups is 1. The largest absolute Gasteiger partial charge is 0.394 e. The third-order valence-electron chi connectivity index (χ3n) is 13.8. The van der Waals surface area contributed by atoms with Gasteiger partial charge >= 0.3 is 0 Å². The molecule has 388 valence electrons. The standard InChI is InChI=1S/C62H117NO3/c1-3-5-7-9-11-13-15-17-19-21-22-23-24-25-26-27-28-29-30-31-32-33-34-35-36-37-38-39-40-42-44-46-48-50-52-54-56-58-62(66)63-60(59-64)61(65)57-55-53-51-49-47-45-43-41-20-18-16-14-12-10-8-6-4-2/h20,29-30,41,47,49,55,57,60-61,64-65H,3-19,21-28,31-40,42-46,48,50-54,56,58-59H2,1-2H3,(H,63,66)/b30-29-,41-20+,49-47+,57-55+. The predicted octanol–water partition coefficient (Wildman–Crippen LogP) is 19.8. The summed E-state index contributed by atoms with van der Waals surface area (Å²) >= 11 is 0. The Morgan fingerprint density at radius 2 is 0.591 bits per heavy atom. The summed E-state index contributed by atoms with van der Waals surface area (Å²) in [7, 11) is 0. The van der Waals surface area contributed by atoms with E-state index in [0.717, 1.165) is 38.5 Å². The van der Waals surface area contributed by atoms with Gasteiger partial charge in [0.2, 0.25) is 5.91 Å². The van der Waals surface area contributed by atoms with Gasteiger partial charge in [0.05, 0.1) is 18.8 Å². The Kier molecular flexibility index (Phi) is 56.2. The van der Waals surface area contributed by atoms with Crippen molar-refractivity contribution in [3.8, 4) is 0 Å². The van der Waals surface area contributed by atoms with E-state index in [1.165, 1.54) is 263 Å². The quantitative estimate of drug-likeness (QED) is 0.0420. The summed E-state index contributed by atoms with van der Waals surface area (Å²) in [5.74, 6) is -0.0742. The molecule has 0 aliphatic rings. The van der Waals surface area contributed by atoms with Crippen molar-refractivity contribution in [2.75, 3.05) is 6.61 Å². The maximum Gasteiger partial charge on any atom is 0.220 e. The highest BCUT2D eigenvalue weighted by Gasteiger charge is 2.18. The van der Waals surface area contributed by atoms with E-state index in [2.05, 4.69) is 55.6 Å². The summed E-state index contributed by atoms with van der Waals surface area (Å²) in [4.78, 5) is 12.5. The molecule has 4 nitrogen and oxygen atoms in total. The number of nitrogens with one attached hydrogen (secondary N) is 1. The molecule has 2 unspecified atom stereocenters. The second-order valence-electron chi connectivity index (χ2n) is 20.4. The predicted molar refractivity (Wildman–Crippen MR) is 295 cm³/mol. The van der Waals surface area contributed by atoms with Gasteiger partial charge in [-0.25, -0.2) is 0 Å². The van der Waals surface area contributed by atoms with Crippen LogP contribution >= 0.6 is 0 Å². The Bertz CT molecular complexity index is 1050. The molecule has 0 saturated heterocycles. The molecule has 0 heterocycles. The number of carbonyl (C=O) groups excluding carboxylic acids is 1. The fourth-order valence-corrected chi connectivity index (χ4v) is 9.21. The summed E-state index contributed by atoms with van der Waals surface area (Å²) < 4.78 is 0. The highest BCUT2D eigenvalue weighted by Crippen LogP contribution is 2.17. The van der Waals surface area contributed by atoms with Crippen LogP contribution in [-0.4, -0.2) is 34.9 Å². The minimum absolute atomic E-state index is 0.0742. The van der Waals surface area contributed by atoms with Crippen molar-refractivity contribution in [1.29, 1.82) is 0 Å². The van der Waals surface area contributed by atoms with Crippen molar-refractivity contribution in [3.05, 3.63) is 48.6 Å². The molecule has 0 aromatic heterocycles. The van der Waals surface area contributed by atoms with Gasteiger partial charge in [0.25, 0.3) is 0 Å². The maximum absolute atomic E-state index is 12.5. The van der Waals surface area contributed by atoms with Crippen molar-refractivity contribution in [3.63, 3.8) is 0 Å². The molecular formula is C62H117NO3. The number of aliphatic hydroxyl groups is 2. The normalized spacial score (nSPS) is 13.1. The summed E-state index contributed by atoms with van der Waals surface area (Å²) in [5, 5.41) is 23.1. The molecule has 2 atom stereocenters. The zero-order valence-electron chi connectivity index (χ0n) is 44.7. The number of aliphatic hydroxyl groups excluding tert-OH is 2. The van der Waals surface area contributed by atoms with Gasteiger partial charge in [-0.15, -0.1) is 0 Å². The molecule has 0 rings (SSSR count). The van der Waals surface area contributed by atoms with Crippen molar-refractivity contribution in [2.24, 2.45) is 0 Å². The van der Waals surface area contributed by atoms with E-state index in [1.807, 2.05) is 6.08 Å². The first-order valence-corrected chi connectivity index (χ1v) is 29.9. The van der Waals surface area contributed by atoms with E-state index in [0.29, 0.717) is 6.42 Å². The minimum Gasteiger partial charge on any atom is -0.394 e. The molecule has 0 radical (unpaired) electrons. The number of rotatable bonds is 55. The van der Waals surface area contributed by atoms with E-state index in [-0.39, 0.29) is 12.5 Å². The molecule has 0 aromatic carbocycles. The van der Waals surface area contributed by atoms with Crippen LogP contribution in [-0.2, 0) is 4.79 Å². The molecule has 0 fully saturated rings. The smallest absolute Gasteiger partial charge is 0.220 e. The van der Waals surface area contributed by atoms with E-state index in [4.69, 9.17) is 0 Å². The van der Waals surface area contributed by atoms with Crippen molar-refractivity contribution in [1.82, 2.24) is 5.32 Å². The van der Waals surface area contributed by atoms with Crippen molar-refractivity contribution < 1.29 is 15.0 Å². The number of unbranched alkanes of at least 4 members (excludes halogenated alkanes) is 42. The third kappa shape index (κ3) is 53.3. The highest BCUT2D eigenvalue weighted by atomic mass is 16.3. The first-order chi connectivity index (χ1) is 32.7. The monoisotopic (exact) mass is 924 g/mol. The number of hydrogen-bond acceptors (Lipinski definition) is 3. The molecule has 3 N–H and O–H groups in total. The minimum atomic E-state index is -0.870. The molecule has 4 heteroatoms. The van der Waals surface area contributed by atoms with E-state index < -0.39 is 12.1 Å². The van der Waals surface area contributed by atoms with Crippen LogP contribution in [0.15, 0.2) is 48.6 Å². The van der Waals surface area contributed by atoms with E-state index in [9.17, 15) is 15.0 Å². The lowest BCUT2D eigenvalue weighted by atomic mass is 10.0. The summed E-state index contributed by atoms with van der Waals surface area (Å²) in [6.45, 7) is 4.31. The SMILES string of the molecule is CCCCCCCCC/C=C/CC/C=C/CC/C=C/C(O)C(CO)NC(=O)CCCCCCCCCCCCCCCCCCC/C=C\CCCCCCCCCCCCCCCCCC. The average molecular weight is 925 g/mol. The molecule has 0 aromatic rings. The van der Waals surface area contributed by atoms with Crippen LogP contribution in [0.2, 0.25) is 0 Å². The topological polar surface area (TPSA) is 69.6 Å². The second kappa shape index (κ2) is 57.7. The van der Waals surface area contributed by atoms with Gasteiger partial charge in [-0.05, 0) is 70.6 Å². The van der Waals surface area contributed by atoms with Crippen molar-refractivity contribution in [2.45, 2.75) is 334 Å². The first kappa shape index (κ1) is 64.3. The summed E-state index contributed by atoms with van der Waals surface area (Å²) in [6.07, 6.45) is 80.2. The lowest BCUT2D eigenvalue weighted by molar-refractivity contribution is -0.123. The zero-order chi connectivity index (χ0) is 47.7. The molecular weight excluding hydrogens is 807 g/mol. The Morgan fingerprint density at radius 3 is 0.879 bits per heavy atom. The second-order valence-corrected chi connectivity index (χ2v) is 20.4. The molecule has 1 amide bonds. The van der Waals surface area contributed by atoms with Gasteiger partial charge in [0.1, 0.15) is 0 Å². The summed E-state index contributed by atoms with van der Waals surface area (Å²) in [5.41, 5.74) is 0. The summed E-state index contributed by atoms with van der Waals surface area (Å²) in [6, 6.07) is -0.645. The maximum atomic E-state index is 12.5. The molecule has 0 saturated carbocycles. The Morgan fingerprint density at radius 1 is 0.348 bits per heavy atom. The Hall–Kier alpha value is -1.65. The molecule has 0 bridgehead atoms. The Labute approximate surface area is 414 Å². The van der Waals surface area contributed by atoms with E-state index >= 15 is 0 Å². The molecule has 0 aliphatic heterocycles. The lowest BCUT2D eigenvalue weighted by Crippen LogP contribution is -2.45. The van der Waals surface area contributed by atoms with Crippen LogP contribution in [0.25, 0.3) is 0 Å². The van der Waals surface area contributed by atoms with Gasteiger partial charge < -0.3 is 15.5 Å². The van der Waals surface area contributed by atoms with Crippen LogP contribution in [0.4, 0.5) is 0 Å². The van der Waals surface area contributed by atoms with Gasteiger partial charge in [-0.2, -0.15) is 0 Å². The van der Waals surface area contributed by atoms with Gasteiger partial charge in [-0.1, -0.05) is 294 Å². The lowest BCUT2D eigenvalue weighted by Gasteiger charge is -2.19. The third-order valence-corrected chi connectivity index (χ3v) is 13.8. The fraction of sp³-hybridized carbons (Fsp3) is 0.855. The Balaban J connectivity index is 3.44. The molecule has 0 spiro atoms. The fourth-order valence-electron chi connectivity index (χ4n) is 9.21. The van der Waals surface area contributed by atoms with Gasteiger partial charge in [0, 0.05) is 6.42 Å². The number of allylic oxidation sites excluding steroid dienone is 7. The van der Waals surface area contributed by atoms with Crippen LogP contribution in [0.1, 0.15) is 322 Å². The van der Waals surface area contributed by atoms with Gasteiger partial charge in [-0.3, -0.25) is 4.79 Å². The van der Waals surface area contributed by atoms with Crippen molar-refractivity contribution >= 4 is 5.91 Å². The number of amides is 1. The van der Waals surface area contributed by atoms with Crippen LogP contribution in [0, 0.1) is 0 Å². The van der Waals surface area contributed by atoms with Crippen LogP contribution in [0.3, 0.4) is 0 Å². The molecule has 66 heavy (non-hydrogen) atoms. The number of hydrogen-bond donors (Lipinski definition) is 3. The van der Waals surface area contributed by atoms with E-state index in [1.54, 1.807) is 6.08 Å². The van der Waals surface area contributed by atoms with Gasteiger partial charge in [0.15, 0.2) is 0 Å². The molecule has 0 aliphatic carbocycles. The average Bonchev–Trinajstić information content (AvgIpc) is 3.32. The highest BCUT2D eigenvalue weighted by molar-refractivity contribution is 5.76. The van der Waals surface area contributed by atoms with Crippen LogP contribution in [0.5, 0.6) is 0 Å².